The summed E-state index contributed by atoms with van der Waals surface area (Å²) in [6.45, 7) is 2.19. The fourth-order valence-corrected chi connectivity index (χ4v) is 2.05. The van der Waals surface area contributed by atoms with Gasteiger partial charge in [0.2, 0.25) is 0 Å². The first-order chi connectivity index (χ1) is 7.57. The fraction of sp³-hybridized carbons (Fsp3) is 0.500. The molecular formula is C12H13F3N. The number of hydrogen-bond acceptors (Lipinski definition) is 1. The highest BCUT2D eigenvalue weighted by Crippen LogP contribution is 2.32. The summed E-state index contributed by atoms with van der Waals surface area (Å²) in [5, 5.41) is 0. The summed E-state index contributed by atoms with van der Waals surface area (Å²) in [6.07, 6.45) is -2.10. The van der Waals surface area contributed by atoms with Crippen LogP contribution in [0, 0.1) is 6.07 Å². The van der Waals surface area contributed by atoms with Gasteiger partial charge in [-0.3, -0.25) is 4.90 Å². The van der Waals surface area contributed by atoms with Gasteiger partial charge in [-0.1, -0.05) is 12.1 Å². The molecule has 0 spiro atoms. The summed E-state index contributed by atoms with van der Waals surface area (Å²) in [6, 6.07) is 6.58. The third kappa shape index (κ3) is 2.55. The second-order valence-corrected chi connectivity index (χ2v) is 4.06. The Morgan fingerprint density at radius 3 is 2.56 bits per heavy atom. The van der Waals surface area contributed by atoms with E-state index in [0.717, 1.165) is 32.0 Å². The van der Waals surface area contributed by atoms with Crippen LogP contribution in [0.4, 0.5) is 13.2 Å². The number of alkyl halides is 3. The van der Waals surface area contributed by atoms with Gasteiger partial charge in [0, 0.05) is 6.54 Å². The average Bonchev–Trinajstić information content (AvgIpc) is 2.70. The topological polar surface area (TPSA) is 3.24 Å². The predicted octanol–water partition coefficient (Wildman–Crippen LogP) is 3.10. The molecule has 0 saturated carbocycles. The Kier molecular flexibility index (Phi) is 3.19. The van der Waals surface area contributed by atoms with Gasteiger partial charge in [-0.05, 0) is 43.6 Å². The zero-order valence-electron chi connectivity index (χ0n) is 8.85. The predicted molar refractivity (Wildman–Crippen MR) is 54.8 cm³/mol. The van der Waals surface area contributed by atoms with Crippen molar-refractivity contribution < 1.29 is 13.2 Å². The quantitative estimate of drug-likeness (QED) is 0.751. The second-order valence-electron chi connectivity index (χ2n) is 4.06. The normalized spacial score (nSPS) is 17.9. The third-order valence-corrected chi connectivity index (χ3v) is 2.85. The molecule has 1 aromatic rings. The van der Waals surface area contributed by atoms with Crippen LogP contribution in [0.1, 0.15) is 24.0 Å². The lowest BCUT2D eigenvalue weighted by Crippen LogP contribution is -2.21. The zero-order chi connectivity index (χ0) is 11.6. The number of likely N-dealkylation sites (tertiary alicyclic amines) is 1. The number of rotatable bonds is 2. The van der Waals surface area contributed by atoms with Crippen molar-refractivity contribution >= 4 is 0 Å². The molecule has 0 bridgehead atoms. The molecule has 0 unspecified atom stereocenters. The van der Waals surface area contributed by atoms with E-state index in [0.29, 0.717) is 12.1 Å². The van der Waals surface area contributed by atoms with Crippen molar-refractivity contribution in [3.8, 4) is 0 Å². The minimum absolute atomic E-state index is 0.355. The lowest BCUT2D eigenvalue weighted by atomic mass is 10.1. The van der Waals surface area contributed by atoms with Crippen molar-refractivity contribution in [3.05, 3.63) is 35.4 Å². The molecule has 0 aromatic heterocycles. The molecule has 0 atom stereocenters. The largest absolute Gasteiger partial charge is 0.416 e. The van der Waals surface area contributed by atoms with Crippen LogP contribution >= 0.6 is 0 Å². The molecule has 1 nitrogen and oxygen atoms in total. The van der Waals surface area contributed by atoms with E-state index in [1.54, 1.807) is 6.07 Å². The Morgan fingerprint density at radius 1 is 1.25 bits per heavy atom. The number of hydrogen-bond donors (Lipinski definition) is 0. The third-order valence-electron chi connectivity index (χ3n) is 2.85. The maximum Gasteiger partial charge on any atom is 0.416 e. The maximum atomic E-state index is 12.7. The molecule has 1 aromatic carbocycles. The summed E-state index contributed by atoms with van der Waals surface area (Å²) in [7, 11) is 0. The molecule has 0 aliphatic carbocycles. The van der Waals surface area contributed by atoms with Crippen LogP contribution < -0.4 is 0 Å². The van der Waals surface area contributed by atoms with Crippen LogP contribution in [0.3, 0.4) is 0 Å². The Morgan fingerprint density at radius 2 is 1.94 bits per heavy atom. The van der Waals surface area contributed by atoms with E-state index in [1.807, 2.05) is 0 Å². The van der Waals surface area contributed by atoms with Gasteiger partial charge in [0.25, 0.3) is 0 Å². The maximum absolute atomic E-state index is 12.7. The molecular weight excluding hydrogens is 215 g/mol. The Bertz CT molecular complexity index is 354. The number of benzene rings is 1. The van der Waals surface area contributed by atoms with Crippen LogP contribution in [0.5, 0.6) is 0 Å². The Labute approximate surface area is 92.9 Å². The molecule has 1 saturated heterocycles. The fourth-order valence-electron chi connectivity index (χ4n) is 2.05. The summed E-state index contributed by atoms with van der Waals surface area (Å²) >= 11 is 0. The summed E-state index contributed by atoms with van der Waals surface area (Å²) in [5.41, 5.74) is -0.199. The van der Waals surface area contributed by atoms with E-state index in [1.165, 1.54) is 6.07 Å². The molecule has 0 amide bonds. The first-order valence-electron chi connectivity index (χ1n) is 5.36. The van der Waals surface area contributed by atoms with E-state index in [2.05, 4.69) is 11.0 Å². The SMILES string of the molecule is FC(F)(F)c1c[c]ccc1CN1CCCC1. The summed E-state index contributed by atoms with van der Waals surface area (Å²) < 4.78 is 38.1. The summed E-state index contributed by atoms with van der Waals surface area (Å²) in [5.74, 6) is 0. The van der Waals surface area contributed by atoms with Gasteiger partial charge in [-0.25, -0.2) is 0 Å². The minimum atomic E-state index is -4.27. The molecule has 1 heterocycles. The van der Waals surface area contributed by atoms with E-state index in [9.17, 15) is 13.2 Å². The minimum Gasteiger partial charge on any atom is -0.299 e. The molecule has 4 heteroatoms. The first kappa shape index (κ1) is 11.5. The van der Waals surface area contributed by atoms with Gasteiger partial charge in [0.1, 0.15) is 0 Å². The van der Waals surface area contributed by atoms with E-state index in [-0.39, 0.29) is 0 Å². The van der Waals surface area contributed by atoms with Crippen LogP contribution in [0.15, 0.2) is 18.2 Å². The smallest absolute Gasteiger partial charge is 0.299 e. The molecule has 16 heavy (non-hydrogen) atoms. The Balaban J connectivity index is 2.19. The standard InChI is InChI=1S/C12H13F3N/c13-12(14,15)11-6-2-1-5-10(11)9-16-7-3-4-8-16/h1,5-6H,3-4,7-9H2. The van der Waals surface area contributed by atoms with Crippen LogP contribution in [-0.2, 0) is 12.7 Å². The molecule has 0 N–H and O–H groups in total. The number of nitrogens with zero attached hydrogens (tertiary/aromatic N) is 1. The van der Waals surface area contributed by atoms with Gasteiger partial charge in [-0.2, -0.15) is 13.2 Å². The second kappa shape index (κ2) is 4.45. The highest BCUT2D eigenvalue weighted by molar-refractivity contribution is 5.29. The van der Waals surface area contributed by atoms with Gasteiger partial charge in [-0.15, -0.1) is 0 Å². The molecule has 1 aliphatic heterocycles. The van der Waals surface area contributed by atoms with Crippen LogP contribution in [0.25, 0.3) is 0 Å². The lowest BCUT2D eigenvalue weighted by molar-refractivity contribution is -0.138. The van der Waals surface area contributed by atoms with Crippen molar-refractivity contribution in [2.24, 2.45) is 0 Å². The Hall–Kier alpha value is -1.03. The average molecular weight is 228 g/mol. The number of halogens is 3. The first-order valence-corrected chi connectivity index (χ1v) is 5.36. The lowest BCUT2D eigenvalue weighted by Gasteiger charge is -2.18. The van der Waals surface area contributed by atoms with Gasteiger partial charge in [0.05, 0.1) is 5.56 Å². The highest BCUT2D eigenvalue weighted by Gasteiger charge is 2.33. The van der Waals surface area contributed by atoms with E-state index in [4.69, 9.17) is 0 Å². The van der Waals surface area contributed by atoms with E-state index >= 15 is 0 Å². The molecule has 1 radical (unpaired) electrons. The van der Waals surface area contributed by atoms with Crippen LogP contribution in [0.2, 0.25) is 0 Å². The molecule has 87 valence electrons. The molecule has 1 aliphatic rings. The van der Waals surface area contributed by atoms with Gasteiger partial charge < -0.3 is 0 Å². The van der Waals surface area contributed by atoms with Crippen molar-refractivity contribution in [2.45, 2.75) is 25.6 Å². The molecule has 2 rings (SSSR count). The van der Waals surface area contributed by atoms with Crippen molar-refractivity contribution in [1.82, 2.24) is 4.90 Å². The molecule has 1 fully saturated rings. The van der Waals surface area contributed by atoms with Gasteiger partial charge in [0.15, 0.2) is 0 Å². The summed E-state index contributed by atoms with van der Waals surface area (Å²) in [4.78, 5) is 2.06. The van der Waals surface area contributed by atoms with Crippen LogP contribution in [-0.4, -0.2) is 18.0 Å². The zero-order valence-corrected chi connectivity index (χ0v) is 8.85. The van der Waals surface area contributed by atoms with Gasteiger partial charge >= 0.3 is 6.18 Å². The van der Waals surface area contributed by atoms with Crippen molar-refractivity contribution in [1.29, 1.82) is 0 Å². The monoisotopic (exact) mass is 228 g/mol. The highest BCUT2D eigenvalue weighted by atomic mass is 19.4. The van der Waals surface area contributed by atoms with Crippen molar-refractivity contribution in [2.75, 3.05) is 13.1 Å². The van der Waals surface area contributed by atoms with Crippen molar-refractivity contribution in [3.63, 3.8) is 0 Å². The van der Waals surface area contributed by atoms with E-state index < -0.39 is 11.7 Å².